The molecule has 16 heavy (non-hydrogen) atoms. The van der Waals surface area contributed by atoms with Gasteiger partial charge in [0.05, 0.1) is 17.8 Å². The van der Waals surface area contributed by atoms with Crippen molar-refractivity contribution < 1.29 is 23.0 Å². The van der Waals surface area contributed by atoms with Gasteiger partial charge in [0.25, 0.3) is 6.43 Å². The second kappa shape index (κ2) is 5.37. The van der Waals surface area contributed by atoms with Gasteiger partial charge in [-0.15, -0.1) is 0 Å². The van der Waals surface area contributed by atoms with Gasteiger partial charge in [0.2, 0.25) is 5.88 Å². The average molecular weight is 343 g/mol. The van der Waals surface area contributed by atoms with E-state index in [9.17, 15) is 13.6 Å². The van der Waals surface area contributed by atoms with Gasteiger partial charge >= 0.3 is 5.97 Å². The standard InChI is InChI=1S/C9H8F2INO3/c1-15-8-6(12)4(7(10)11)3-5(13-8)9(14)16-2/h3,7H,1-2H3. The van der Waals surface area contributed by atoms with E-state index in [1.165, 1.54) is 7.11 Å². The second-order valence-corrected chi connectivity index (χ2v) is 3.79. The van der Waals surface area contributed by atoms with Crippen molar-refractivity contribution in [2.75, 3.05) is 14.2 Å². The summed E-state index contributed by atoms with van der Waals surface area (Å²) >= 11 is 1.69. The smallest absolute Gasteiger partial charge is 0.356 e. The maximum Gasteiger partial charge on any atom is 0.356 e. The number of pyridine rings is 1. The largest absolute Gasteiger partial charge is 0.480 e. The number of esters is 1. The molecule has 1 aromatic heterocycles. The maximum atomic E-state index is 12.7. The van der Waals surface area contributed by atoms with E-state index in [0.29, 0.717) is 0 Å². The van der Waals surface area contributed by atoms with Crippen LogP contribution in [-0.2, 0) is 4.74 Å². The highest BCUT2D eigenvalue weighted by atomic mass is 127. The van der Waals surface area contributed by atoms with Gasteiger partial charge in [-0.05, 0) is 28.7 Å². The van der Waals surface area contributed by atoms with Crippen LogP contribution in [-0.4, -0.2) is 25.2 Å². The zero-order valence-corrected chi connectivity index (χ0v) is 10.6. The molecule has 0 aliphatic rings. The number of ether oxygens (including phenoxy) is 2. The minimum atomic E-state index is -2.70. The summed E-state index contributed by atoms with van der Waals surface area (Å²) in [4.78, 5) is 14.9. The molecule has 0 saturated heterocycles. The number of methoxy groups -OCH3 is 2. The van der Waals surface area contributed by atoms with Crippen molar-refractivity contribution in [1.82, 2.24) is 4.98 Å². The fourth-order valence-corrected chi connectivity index (χ4v) is 1.76. The number of rotatable bonds is 3. The van der Waals surface area contributed by atoms with E-state index in [2.05, 4.69) is 9.72 Å². The van der Waals surface area contributed by atoms with Crippen molar-refractivity contribution in [3.05, 3.63) is 20.9 Å². The van der Waals surface area contributed by atoms with Crippen molar-refractivity contribution in [2.45, 2.75) is 6.43 Å². The number of carbonyl (C=O) groups excluding carboxylic acids is 1. The third-order valence-electron chi connectivity index (χ3n) is 1.78. The normalized spacial score (nSPS) is 10.4. The Morgan fingerprint density at radius 2 is 2.12 bits per heavy atom. The minimum absolute atomic E-state index is 0.0150. The summed E-state index contributed by atoms with van der Waals surface area (Å²) in [6.07, 6.45) is -2.70. The van der Waals surface area contributed by atoms with Crippen LogP contribution in [0.15, 0.2) is 6.07 Å². The molecular formula is C9H8F2INO3. The first kappa shape index (κ1) is 13.1. The van der Waals surface area contributed by atoms with Crippen molar-refractivity contribution in [3.63, 3.8) is 0 Å². The minimum Gasteiger partial charge on any atom is -0.480 e. The molecular weight excluding hydrogens is 335 g/mol. The lowest BCUT2D eigenvalue weighted by atomic mass is 10.2. The van der Waals surface area contributed by atoms with Gasteiger partial charge in [0.1, 0.15) is 0 Å². The highest BCUT2D eigenvalue weighted by Crippen LogP contribution is 2.30. The zero-order chi connectivity index (χ0) is 12.3. The number of hydrogen-bond donors (Lipinski definition) is 0. The first-order valence-corrected chi connectivity index (χ1v) is 5.20. The Kier molecular flexibility index (Phi) is 4.39. The van der Waals surface area contributed by atoms with Crippen LogP contribution < -0.4 is 4.74 Å². The maximum absolute atomic E-state index is 12.7. The van der Waals surface area contributed by atoms with Crippen LogP contribution in [0.4, 0.5) is 8.78 Å². The number of halogens is 3. The number of alkyl halides is 2. The Labute approximate surface area is 104 Å². The molecule has 0 aliphatic carbocycles. The van der Waals surface area contributed by atoms with E-state index in [1.54, 1.807) is 22.6 Å². The van der Waals surface area contributed by atoms with Crippen LogP contribution in [0.3, 0.4) is 0 Å². The van der Waals surface area contributed by atoms with E-state index in [0.717, 1.165) is 13.2 Å². The lowest BCUT2D eigenvalue weighted by molar-refractivity contribution is 0.0592. The SMILES string of the molecule is COC(=O)c1cc(C(F)F)c(I)c(OC)n1. The van der Waals surface area contributed by atoms with E-state index in [1.807, 2.05) is 0 Å². The van der Waals surface area contributed by atoms with Crippen LogP contribution in [0.1, 0.15) is 22.5 Å². The number of carbonyl (C=O) groups is 1. The van der Waals surface area contributed by atoms with E-state index >= 15 is 0 Å². The monoisotopic (exact) mass is 343 g/mol. The highest BCUT2D eigenvalue weighted by Gasteiger charge is 2.21. The molecule has 4 nitrogen and oxygen atoms in total. The lowest BCUT2D eigenvalue weighted by Gasteiger charge is -2.09. The Morgan fingerprint density at radius 3 is 2.56 bits per heavy atom. The topological polar surface area (TPSA) is 48.4 Å². The molecule has 7 heteroatoms. The fraction of sp³-hybridized carbons (Fsp3) is 0.333. The summed E-state index contributed by atoms with van der Waals surface area (Å²) in [6, 6.07) is 1.00. The van der Waals surface area contributed by atoms with Gasteiger partial charge in [0.15, 0.2) is 5.69 Å². The Morgan fingerprint density at radius 1 is 1.50 bits per heavy atom. The van der Waals surface area contributed by atoms with Crippen LogP contribution in [0.5, 0.6) is 5.88 Å². The molecule has 1 aromatic rings. The molecule has 0 aromatic carbocycles. The molecule has 1 heterocycles. The van der Waals surface area contributed by atoms with E-state index < -0.39 is 12.4 Å². The van der Waals surface area contributed by atoms with E-state index in [-0.39, 0.29) is 20.7 Å². The Hall–Kier alpha value is -0.990. The van der Waals surface area contributed by atoms with Gasteiger partial charge in [-0.2, -0.15) is 0 Å². The van der Waals surface area contributed by atoms with Crippen molar-refractivity contribution in [2.24, 2.45) is 0 Å². The molecule has 0 bridgehead atoms. The predicted octanol–water partition coefficient (Wildman–Crippen LogP) is 2.42. The highest BCUT2D eigenvalue weighted by molar-refractivity contribution is 14.1. The average Bonchev–Trinajstić information content (AvgIpc) is 2.27. The first-order valence-electron chi connectivity index (χ1n) is 4.12. The molecule has 88 valence electrons. The van der Waals surface area contributed by atoms with Crippen LogP contribution in [0.25, 0.3) is 0 Å². The van der Waals surface area contributed by atoms with Crippen LogP contribution in [0, 0.1) is 3.57 Å². The van der Waals surface area contributed by atoms with Gasteiger partial charge in [0, 0.05) is 5.56 Å². The Balaban J connectivity index is 3.34. The van der Waals surface area contributed by atoms with Crippen molar-refractivity contribution in [3.8, 4) is 5.88 Å². The van der Waals surface area contributed by atoms with Crippen LogP contribution >= 0.6 is 22.6 Å². The van der Waals surface area contributed by atoms with Crippen LogP contribution in [0.2, 0.25) is 0 Å². The molecule has 0 spiro atoms. The first-order chi connectivity index (χ1) is 7.51. The quantitative estimate of drug-likeness (QED) is 0.625. The summed E-state index contributed by atoms with van der Waals surface area (Å²) < 4.78 is 34.7. The third-order valence-corrected chi connectivity index (χ3v) is 2.86. The summed E-state index contributed by atoms with van der Waals surface area (Å²) in [5, 5.41) is 0. The summed E-state index contributed by atoms with van der Waals surface area (Å²) in [6.45, 7) is 0. The molecule has 0 amide bonds. The summed E-state index contributed by atoms with van der Waals surface area (Å²) in [5.74, 6) is -0.796. The van der Waals surface area contributed by atoms with Gasteiger partial charge < -0.3 is 9.47 Å². The molecule has 0 unspecified atom stereocenters. The summed E-state index contributed by atoms with van der Waals surface area (Å²) in [5.41, 5.74) is -0.497. The molecule has 0 radical (unpaired) electrons. The fourth-order valence-electron chi connectivity index (χ4n) is 1.03. The number of aromatic nitrogens is 1. The summed E-state index contributed by atoms with van der Waals surface area (Å²) in [7, 11) is 2.44. The van der Waals surface area contributed by atoms with Crippen molar-refractivity contribution >= 4 is 28.6 Å². The van der Waals surface area contributed by atoms with Gasteiger partial charge in [-0.1, -0.05) is 0 Å². The second-order valence-electron chi connectivity index (χ2n) is 2.71. The number of hydrogen-bond acceptors (Lipinski definition) is 4. The molecule has 0 atom stereocenters. The molecule has 1 rings (SSSR count). The Bertz CT molecular complexity index is 412. The lowest BCUT2D eigenvalue weighted by Crippen LogP contribution is -2.08. The van der Waals surface area contributed by atoms with E-state index in [4.69, 9.17) is 4.74 Å². The molecule has 0 aliphatic heterocycles. The molecule has 0 fully saturated rings. The zero-order valence-electron chi connectivity index (χ0n) is 8.46. The molecule has 0 N–H and O–H groups in total. The molecule has 0 saturated carbocycles. The predicted molar refractivity (Wildman–Crippen MR) is 59.8 cm³/mol. The van der Waals surface area contributed by atoms with Gasteiger partial charge in [-0.3, -0.25) is 0 Å². The third kappa shape index (κ3) is 2.57. The number of nitrogens with zero attached hydrogens (tertiary/aromatic N) is 1. The van der Waals surface area contributed by atoms with Crippen molar-refractivity contribution in [1.29, 1.82) is 0 Å². The van der Waals surface area contributed by atoms with Gasteiger partial charge in [-0.25, -0.2) is 18.6 Å².